The van der Waals surface area contributed by atoms with Gasteiger partial charge >= 0.3 is 0 Å². The fourth-order valence-electron chi connectivity index (χ4n) is 2.91. The minimum absolute atomic E-state index is 0.268. The van der Waals surface area contributed by atoms with Crippen molar-refractivity contribution in [2.45, 2.75) is 0 Å². The molecule has 6 heteroatoms. The van der Waals surface area contributed by atoms with Gasteiger partial charge in [-0.15, -0.1) is 0 Å². The van der Waals surface area contributed by atoms with Crippen molar-refractivity contribution in [1.82, 2.24) is 14.3 Å². The van der Waals surface area contributed by atoms with E-state index in [0.717, 1.165) is 54.2 Å². The Kier molecular flexibility index (Phi) is 4.00. The van der Waals surface area contributed by atoms with E-state index in [-0.39, 0.29) is 5.75 Å². The molecular formula is C18H18N4OS. The van der Waals surface area contributed by atoms with Crippen molar-refractivity contribution in [3.05, 3.63) is 48.7 Å². The quantitative estimate of drug-likeness (QED) is 0.704. The maximum absolute atomic E-state index is 9.44. The summed E-state index contributed by atoms with van der Waals surface area (Å²) in [6.07, 6.45) is 1.84. The van der Waals surface area contributed by atoms with Crippen LogP contribution in [0, 0.1) is 0 Å². The van der Waals surface area contributed by atoms with Crippen molar-refractivity contribution >= 4 is 29.7 Å². The topological polar surface area (TPSA) is 52.5 Å². The summed E-state index contributed by atoms with van der Waals surface area (Å²) in [7, 11) is 0. The van der Waals surface area contributed by atoms with Gasteiger partial charge in [0.15, 0.2) is 0 Å². The molecule has 0 amide bonds. The van der Waals surface area contributed by atoms with Gasteiger partial charge < -0.3 is 10.0 Å². The second-order valence-electron chi connectivity index (χ2n) is 5.92. The van der Waals surface area contributed by atoms with Crippen LogP contribution in [-0.4, -0.2) is 45.6 Å². The van der Waals surface area contributed by atoms with Crippen molar-refractivity contribution < 1.29 is 5.11 Å². The van der Waals surface area contributed by atoms with Crippen molar-refractivity contribution in [2.24, 2.45) is 0 Å². The number of thiol groups is 1. The Balaban J connectivity index is 1.68. The van der Waals surface area contributed by atoms with Crippen molar-refractivity contribution in [1.29, 1.82) is 0 Å². The summed E-state index contributed by atoms with van der Waals surface area (Å²) in [6.45, 7) is 3.63. The van der Waals surface area contributed by atoms with Crippen molar-refractivity contribution in [3.8, 4) is 16.9 Å². The smallest absolute Gasteiger partial charge is 0.147 e. The summed E-state index contributed by atoms with van der Waals surface area (Å²) in [4.78, 5) is 11.6. The zero-order valence-electron chi connectivity index (χ0n) is 13.1. The van der Waals surface area contributed by atoms with E-state index in [9.17, 15) is 5.11 Å². The Morgan fingerprint density at radius 1 is 0.875 bits per heavy atom. The molecule has 0 atom stereocenters. The first-order valence-corrected chi connectivity index (χ1v) is 8.34. The Labute approximate surface area is 146 Å². The van der Waals surface area contributed by atoms with Gasteiger partial charge in [-0.1, -0.05) is 31.0 Å². The molecule has 0 saturated carbocycles. The van der Waals surface area contributed by atoms with Crippen LogP contribution in [0.15, 0.2) is 48.7 Å². The monoisotopic (exact) mass is 338 g/mol. The van der Waals surface area contributed by atoms with Crippen LogP contribution in [-0.2, 0) is 0 Å². The van der Waals surface area contributed by atoms with E-state index >= 15 is 0 Å². The number of anilines is 1. The fourth-order valence-corrected chi connectivity index (χ4v) is 3.09. The molecule has 1 aliphatic heterocycles. The first-order chi connectivity index (χ1) is 11.7. The lowest BCUT2D eigenvalue weighted by Crippen LogP contribution is -2.42. The Morgan fingerprint density at radius 2 is 1.58 bits per heavy atom. The first kappa shape index (κ1) is 15.2. The van der Waals surface area contributed by atoms with Crippen LogP contribution in [0.5, 0.6) is 5.75 Å². The number of hydrogen-bond donors (Lipinski definition) is 2. The zero-order valence-corrected chi connectivity index (χ0v) is 14.0. The van der Waals surface area contributed by atoms with E-state index in [4.69, 9.17) is 4.98 Å². The van der Waals surface area contributed by atoms with Crippen LogP contribution in [0.2, 0.25) is 0 Å². The highest BCUT2D eigenvalue weighted by Gasteiger charge is 2.16. The number of aromatic hydroxyl groups is 1. The van der Waals surface area contributed by atoms with Gasteiger partial charge in [0.1, 0.15) is 11.6 Å². The summed E-state index contributed by atoms with van der Waals surface area (Å²) < 4.78 is 2.02. The van der Waals surface area contributed by atoms with Gasteiger partial charge in [-0.2, -0.15) is 0 Å². The predicted octanol–water partition coefficient (Wildman–Crippen LogP) is 2.97. The van der Waals surface area contributed by atoms with E-state index < -0.39 is 0 Å². The second-order valence-corrected chi connectivity index (χ2v) is 6.48. The van der Waals surface area contributed by atoms with E-state index in [1.54, 1.807) is 12.1 Å². The van der Waals surface area contributed by atoms with Gasteiger partial charge in [0, 0.05) is 26.2 Å². The Morgan fingerprint density at radius 3 is 2.33 bits per heavy atom. The lowest BCUT2D eigenvalue weighted by atomic mass is 10.0. The number of piperazine rings is 1. The average Bonchev–Trinajstić information content (AvgIpc) is 2.62. The van der Waals surface area contributed by atoms with Crippen LogP contribution in [0.3, 0.4) is 0 Å². The molecule has 0 radical (unpaired) electrons. The molecule has 4 rings (SSSR count). The van der Waals surface area contributed by atoms with Gasteiger partial charge in [0.2, 0.25) is 0 Å². The zero-order chi connectivity index (χ0) is 16.5. The highest BCUT2D eigenvalue weighted by Crippen LogP contribution is 2.25. The van der Waals surface area contributed by atoms with Crippen molar-refractivity contribution in [2.75, 3.05) is 31.1 Å². The molecule has 1 aromatic heterocycles. The molecule has 3 aromatic rings. The molecule has 2 heterocycles. The maximum Gasteiger partial charge on any atom is 0.147 e. The highest BCUT2D eigenvalue weighted by molar-refractivity contribution is 7.77. The highest BCUT2D eigenvalue weighted by atomic mass is 32.1. The Bertz CT molecular complexity index is 861. The third kappa shape index (κ3) is 3.02. The predicted molar refractivity (Wildman–Crippen MR) is 99.4 cm³/mol. The second kappa shape index (κ2) is 6.30. The standard InChI is InChI=1S/C18H18N4OS/c23-15-4-1-13(2-5-15)14-3-6-16-17(11-14)20-18(12-19-16)21-7-9-22(24)10-8-21/h1-6,11-12,23-24H,7-10H2. The van der Waals surface area contributed by atoms with E-state index in [1.807, 2.05) is 40.8 Å². The minimum atomic E-state index is 0.268. The molecule has 0 bridgehead atoms. The summed E-state index contributed by atoms with van der Waals surface area (Å²) in [5, 5.41) is 9.44. The van der Waals surface area contributed by atoms with Gasteiger partial charge in [-0.25, -0.2) is 9.29 Å². The molecule has 24 heavy (non-hydrogen) atoms. The molecule has 0 aliphatic carbocycles. The lowest BCUT2D eigenvalue weighted by Gasteiger charge is -2.32. The van der Waals surface area contributed by atoms with Crippen LogP contribution in [0.4, 0.5) is 5.82 Å². The third-order valence-electron chi connectivity index (χ3n) is 4.31. The molecule has 1 aliphatic rings. The fraction of sp³-hybridized carbons (Fsp3) is 0.222. The largest absolute Gasteiger partial charge is 0.508 e. The lowest BCUT2D eigenvalue weighted by molar-refractivity contribution is 0.433. The van der Waals surface area contributed by atoms with Crippen LogP contribution in [0.25, 0.3) is 22.2 Å². The van der Waals surface area contributed by atoms with Crippen LogP contribution < -0.4 is 4.90 Å². The van der Waals surface area contributed by atoms with Crippen LogP contribution >= 0.6 is 12.8 Å². The molecule has 5 nitrogen and oxygen atoms in total. The molecule has 1 N–H and O–H groups in total. The Hall–Kier alpha value is -2.31. The number of rotatable bonds is 2. The normalized spacial score (nSPS) is 15.8. The van der Waals surface area contributed by atoms with Gasteiger partial charge in [0.05, 0.1) is 17.2 Å². The average molecular weight is 338 g/mol. The number of aromatic nitrogens is 2. The summed E-state index contributed by atoms with van der Waals surface area (Å²) in [6, 6.07) is 13.3. The number of benzene rings is 2. The molecule has 2 aromatic carbocycles. The number of hydrogen-bond acceptors (Lipinski definition) is 6. The molecular weight excluding hydrogens is 320 g/mol. The van der Waals surface area contributed by atoms with Crippen LogP contribution in [0.1, 0.15) is 0 Å². The number of phenols is 1. The molecule has 1 saturated heterocycles. The summed E-state index contributed by atoms with van der Waals surface area (Å²) >= 11 is 4.39. The van der Waals surface area contributed by atoms with E-state index in [1.165, 1.54) is 0 Å². The molecule has 0 unspecified atom stereocenters. The van der Waals surface area contributed by atoms with Gasteiger partial charge in [0.25, 0.3) is 0 Å². The maximum atomic E-state index is 9.44. The first-order valence-electron chi connectivity index (χ1n) is 7.94. The molecule has 0 spiro atoms. The number of nitrogens with zero attached hydrogens (tertiary/aromatic N) is 4. The number of phenolic OH excluding ortho intramolecular Hbond substituents is 1. The molecule has 1 fully saturated rings. The third-order valence-corrected chi connectivity index (χ3v) is 4.71. The SMILES string of the molecule is Oc1ccc(-c2ccc3ncc(N4CCN(S)CC4)nc3c2)cc1. The van der Waals surface area contributed by atoms with Crippen molar-refractivity contribution in [3.63, 3.8) is 0 Å². The molecule has 122 valence electrons. The minimum Gasteiger partial charge on any atom is -0.508 e. The summed E-state index contributed by atoms with van der Waals surface area (Å²) in [5.74, 6) is 1.18. The summed E-state index contributed by atoms with van der Waals surface area (Å²) in [5.41, 5.74) is 3.88. The van der Waals surface area contributed by atoms with E-state index in [0.29, 0.717) is 0 Å². The van der Waals surface area contributed by atoms with Gasteiger partial charge in [-0.3, -0.25) is 4.98 Å². The van der Waals surface area contributed by atoms with Gasteiger partial charge in [-0.05, 0) is 35.4 Å². The number of fused-ring (bicyclic) bond motifs is 1. The van der Waals surface area contributed by atoms with E-state index in [2.05, 4.69) is 22.7 Å².